The number of ether oxygens (including phenoxy) is 1. The van der Waals surface area contributed by atoms with Gasteiger partial charge in [0, 0.05) is 24.2 Å². The van der Waals surface area contributed by atoms with Crippen LogP contribution >= 0.6 is 0 Å². The van der Waals surface area contributed by atoms with Crippen molar-refractivity contribution in [1.29, 1.82) is 0 Å². The molecule has 0 fully saturated rings. The Morgan fingerprint density at radius 1 is 1.26 bits per heavy atom. The van der Waals surface area contributed by atoms with Gasteiger partial charge in [-0.05, 0) is 30.4 Å². The lowest BCUT2D eigenvalue weighted by molar-refractivity contribution is -0.153. The number of unbranched alkanes of at least 4 members (excludes halogenated alkanes) is 1. The molecule has 0 aliphatic heterocycles. The van der Waals surface area contributed by atoms with E-state index in [1.807, 2.05) is 12.1 Å². The Kier molecular flexibility index (Phi) is 7.40. The topological polar surface area (TPSA) is 56.3 Å². The van der Waals surface area contributed by atoms with Crippen LogP contribution in [0.3, 0.4) is 0 Å². The molecule has 0 N–H and O–H groups in total. The summed E-state index contributed by atoms with van der Waals surface area (Å²) in [5.41, 5.74) is 1.82. The zero-order chi connectivity index (χ0) is 17.5. The van der Waals surface area contributed by atoms with E-state index in [2.05, 4.69) is 32.7 Å². The number of aromatic nitrogens is 1. The molecular formula is C19H29NO3. The number of esters is 1. The zero-order valence-electron chi connectivity index (χ0n) is 15.0. The Labute approximate surface area is 139 Å². The minimum atomic E-state index is -0.761. The van der Waals surface area contributed by atoms with Crippen LogP contribution in [0.2, 0.25) is 0 Å². The molecule has 4 heteroatoms. The highest BCUT2D eigenvalue weighted by Gasteiger charge is 2.29. The molecular weight excluding hydrogens is 290 g/mol. The molecule has 1 unspecified atom stereocenters. The monoisotopic (exact) mass is 319 g/mol. The van der Waals surface area contributed by atoms with E-state index >= 15 is 0 Å². The molecule has 0 radical (unpaired) electrons. The van der Waals surface area contributed by atoms with E-state index in [0.717, 1.165) is 30.5 Å². The van der Waals surface area contributed by atoms with Crippen LogP contribution < -0.4 is 0 Å². The lowest BCUT2D eigenvalue weighted by Gasteiger charge is -2.31. The first kappa shape index (κ1) is 19.3. The summed E-state index contributed by atoms with van der Waals surface area (Å²) < 4.78 is 4.80. The van der Waals surface area contributed by atoms with Crippen LogP contribution in [0.5, 0.6) is 0 Å². The third-order valence-corrected chi connectivity index (χ3v) is 4.00. The predicted molar refractivity (Wildman–Crippen MR) is 91.3 cm³/mol. The van der Waals surface area contributed by atoms with E-state index in [9.17, 15) is 9.59 Å². The molecule has 0 saturated heterocycles. The molecule has 0 amide bonds. The lowest BCUT2D eigenvalue weighted by Crippen LogP contribution is -2.24. The maximum atomic E-state index is 12.0. The molecule has 1 atom stereocenters. The molecule has 0 saturated carbocycles. The molecule has 23 heavy (non-hydrogen) atoms. The normalized spacial score (nSPS) is 12.7. The molecule has 0 bridgehead atoms. The van der Waals surface area contributed by atoms with Crippen molar-refractivity contribution in [3.05, 3.63) is 29.6 Å². The van der Waals surface area contributed by atoms with E-state index < -0.39 is 11.8 Å². The average Bonchev–Trinajstić information content (AvgIpc) is 2.48. The fourth-order valence-electron chi connectivity index (χ4n) is 2.76. The molecule has 0 aliphatic rings. The molecule has 4 nitrogen and oxygen atoms in total. The summed E-state index contributed by atoms with van der Waals surface area (Å²) in [5, 5.41) is 0. The summed E-state index contributed by atoms with van der Waals surface area (Å²) in [5.74, 6) is -1.01. The lowest BCUT2D eigenvalue weighted by atomic mass is 9.74. The number of nitrogens with zero attached hydrogens (tertiary/aromatic N) is 1. The standard InChI is InChI=1S/C19H29NO3/c1-6-8-11-15(19(3,4)5)17-14(10-9-12-20-17)13-16(21)18(22)23-7-2/h9-10,12,15H,6-8,11,13H2,1-5H3. The van der Waals surface area contributed by atoms with Gasteiger partial charge in [0.05, 0.1) is 6.61 Å². The number of Topliss-reactive ketones (excluding diaryl/α,β-unsaturated/α-hetero) is 1. The van der Waals surface area contributed by atoms with Crippen LogP contribution in [0.1, 0.15) is 71.1 Å². The van der Waals surface area contributed by atoms with Gasteiger partial charge in [-0.2, -0.15) is 0 Å². The number of rotatable bonds is 8. The maximum Gasteiger partial charge on any atom is 0.374 e. The molecule has 1 rings (SSSR count). The van der Waals surface area contributed by atoms with Gasteiger partial charge < -0.3 is 4.74 Å². The van der Waals surface area contributed by atoms with Gasteiger partial charge in [-0.1, -0.05) is 46.6 Å². The minimum Gasteiger partial charge on any atom is -0.460 e. The molecule has 1 aromatic rings. The average molecular weight is 319 g/mol. The summed E-state index contributed by atoms with van der Waals surface area (Å²) in [7, 11) is 0. The van der Waals surface area contributed by atoms with Crippen molar-refractivity contribution in [2.45, 2.75) is 66.2 Å². The first-order chi connectivity index (χ1) is 10.8. The van der Waals surface area contributed by atoms with Crippen molar-refractivity contribution in [1.82, 2.24) is 4.98 Å². The minimum absolute atomic E-state index is 0.0469. The van der Waals surface area contributed by atoms with Gasteiger partial charge in [0.15, 0.2) is 0 Å². The fourth-order valence-corrected chi connectivity index (χ4v) is 2.76. The van der Waals surface area contributed by atoms with Gasteiger partial charge in [-0.25, -0.2) is 4.79 Å². The predicted octanol–water partition coefficient (Wildman–Crippen LogP) is 4.08. The number of hydrogen-bond donors (Lipinski definition) is 0. The molecule has 0 aliphatic carbocycles. The highest BCUT2D eigenvalue weighted by Crippen LogP contribution is 2.39. The number of carbonyl (C=O) groups is 2. The molecule has 128 valence electrons. The number of carbonyl (C=O) groups excluding carboxylic acids is 2. The SMILES string of the molecule is CCCCC(c1ncccc1CC(=O)C(=O)OCC)C(C)(C)C. The van der Waals surface area contributed by atoms with E-state index in [1.165, 1.54) is 0 Å². The second-order valence-electron chi connectivity index (χ2n) is 6.93. The summed E-state index contributed by atoms with van der Waals surface area (Å²) in [6.45, 7) is 10.7. The summed E-state index contributed by atoms with van der Waals surface area (Å²) in [6.07, 6.45) is 5.08. The maximum absolute atomic E-state index is 12.0. The quantitative estimate of drug-likeness (QED) is 0.535. The fraction of sp³-hybridized carbons (Fsp3) is 0.632. The van der Waals surface area contributed by atoms with Crippen molar-refractivity contribution < 1.29 is 14.3 Å². The molecule has 1 heterocycles. The smallest absolute Gasteiger partial charge is 0.374 e. The molecule has 0 spiro atoms. The van der Waals surface area contributed by atoms with Gasteiger partial charge in [0.1, 0.15) is 0 Å². The first-order valence-corrected chi connectivity index (χ1v) is 8.45. The van der Waals surface area contributed by atoms with Crippen LogP contribution in [0.25, 0.3) is 0 Å². The summed E-state index contributed by atoms with van der Waals surface area (Å²) in [4.78, 5) is 28.2. The van der Waals surface area contributed by atoms with Gasteiger partial charge in [0.2, 0.25) is 5.78 Å². The van der Waals surface area contributed by atoms with Gasteiger partial charge >= 0.3 is 5.97 Å². The van der Waals surface area contributed by atoms with Gasteiger partial charge in [-0.3, -0.25) is 9.78 Å². The van der Waals surface area contributed by atoms with Crippen LogP contribution in [0.4, 0.5) is 0 Å². The van der Waals surface area contributed by atoms with E-state index in [1.54, 1.807) is 13.1 Å². The number of hydrogen-bond acceptors (Lipinski definition) is 4. The highest BCUT2D eigenvalue weighted by atomic mass is 16.5. The van der Waals surface area contributed by atoms with Crippen molar-refractivity contribution in [3.63, 3.8) is 0 Å². The Hall–Kier alpha value is -1.71. The van der Waals surface area contributed by atoms with Crippen molar-refractivity contribution >= 4 is 11.8 Å². The van der Waals surface area contributed by atoms with E-state index in [-0.39, 0.29) is 24.4 Å². The summed E-state index contributed by atoms with van der Waals surface area (Å²) in [6, 6.07) is 3.71. The van der Waals surface area contributed by atoms with Crippen LogP contribution in [-0.2, 0) is 20.7 Å². The summed E-state index contributed by atoms with van der Waals surface area (Å²) >= 11 is 0. The van der Waals surface area contributed by atoms with Crippen molar-refractivity contribution in [3.8, 4) is 0 Å². The Morgan fingerprint density at radius 3 is 2.52 bits per heavy atom. The van der Waals surface area contributed by atoms with Crippen LogP contribution in [0.15, 0.2) is 18.3 Å². The van der Waals surface area contributed by atoms with Crippen molar-refractivity contribution in [2.24, 2.45) is 5.41 Å². The second-order valence-corrected chi connectivity index (χ2v) is 6.93. The molecule has 1 aromatic heterocycles. The second kappa shape index (κ2) is 8.80. The zero-order valence-corrected chi connectivity index (χ0v) is 15.0. The third-order valence-electron chi connectivity index (χ3n) is 4.00. The Morgan fingerprint density at radius 2 is 1.96 bits per heavy atom. The highest BCUT2D eigenvalue weighted by molar-refractivity contribution is 6.34. The van der Waals surface area contributed by atoms with Gasteiger partial charge in [0.25, 0.3) is 0 Å². The van der Waals surface area contributed by atoms with E-state index in [4.69, 9.17) is 4.74 Å². The largest absolute Gasteiger partial charge is 0.460 e. The number of ketones is 1. The Balaban J connectivity index is 3.07. The van der Waals surface area contributed by atoms with Crippen molar-refractivity contribution in [2.75, 3.05) is 6.61 Å². The molecule has 0 aromatic carbocycles. The van der Waals surface area contributed by atoms with Crippen LogP contribution in [0, 0.1) is 5.41 Å². The first-order valence-electron chi connectivity index (χ1n) is 8.45. The van der Waals surface area contributed by atoms with Gasteiger partial charge in [-0.15, -0.1) is 0 Å². The third kappa shape index (κ3) is 5.77. The van der Waals surface area contributed by atoms with Crippen LogP contribution in [-0.4, -0.2) is 23.3 Å². The van der Waals surface area contributed by atoms with E-state index in [0.29, 0.717) is 0 Å². The Bertz CT molecular complexity index is 532. The number of pyridine rings is 1.